The number of thiazole rings is 1. The Kier molecular flexibility index (Phi) is 6.17. The molecule has 20 heavy (non-hydrogen) atoms. The van der Waals surface area contributed by atoms with Crippen molar-refractivity contribution in [2.24, 2.45) is 0 Å². The number of nitrogens with one attached hydrogen (secondary N) is 1. The average molecular weight is 297 g/mol. The lowest BCUT2D eigenvalue weighted by Crippen LogP contribution is -2.41. The lowest BCUT2D eigenvalue weighted by Gasteiger charge is -2.22. The zero-order valence-corrected chi connectivity index (χ0v) is 12.4. The lowest BCUT2D eigenvalue weighted by molar-refractivity contribution is 0.0691. The molecule has 1 rings (SSSR count). The van der Waals surface area contributed by atoms with Crippen LogP contribution in [0.2, 0.25) is 0 Å². The van der Waals surface area contributed by atoms with E-state index in [1.54, 1.807) is 17.9 Å². The highest BCUT2D eigenvalue weighted by Gasteiger charge is 2.18. The fraction of sp³-hybridized carbons (Fsp3) is 0.462. The molecule has 0 saturated carbocycles. The molecule has 0 spiro atoms. The van der Waals surface area contributed by atoms with Crippen molar-refractivity contribution in [3.05, 3.63) is 28.7 Å². The highest BCUT2D eigenvalue weighted by molar-refractivity contribution is 7.09. The molecule has 0 radical (unpaired) electrons. The Morgan fingerprint density at radius 3 is 2.85 bits per heavy atom. The van der Waals surface area contributed by atoms with Gasteiger partial charge in [0, 0.05) is 18.5 Å². The van der Waals surface area contributed by atoms with E-state index in [1.807, 2.05) is 6.92 Å². The van der Waals surface area contributed by atoms with Crippen molar-refractivity contribution in [2.45, 2.75) is 26.3 Å². The van der Waals surface area contributed by atoms with Crippen LogP contribution in [0.5, 0.6) is 0 Å². The summed E-state index contributed by atoms with van der Waals surface area (Å²) in [5, 5.41) is 13.7. The molecule has 0 aliphatic heterocycles. The molecule has 1 atom stereocenters. The minimum Gasteiger partial charge on any atom is -0.476 e. The second kappa shape index (κ2) is 7.64. The van der Waals surface area contributed by atoms with Crippen LogP contribution in [0.1, 0.15) is 41.8 Å². The van der Waals surface area contributed by atoms with Crippen molar-refractivity contribution in [1.82, 2.24) is 15.2 Å². The number of hydrogen-bond donors (Lipinski definition) is 2. The molecule has 1 aromatic heterocycles. The van der Waals surface area contributed by atoms with Gasteiger partial charge >= 0.3 is 12.0 Å². The maximum atomic E-state index is 12.1. The van der Waals surface area contributed by atoms with Gasteiger partial charge in [0.25, 0.3) is 0 Å². The van der Waals surface area contributed by atoms with E-state index >= 15 is 0 Å². The molecule has 2 amide bonds. The smallest absolute Gasteiger partial charge is 0.355 e. The number of aromatic nitrogens is 1. The topological polar surface area (TPSA) is 82.5 Å². The van der Waals surface area contributed by atoms with Gasteiger partial charge < -0.3 is 15.3 Å². The first-order chi connectivity index (χ1) is 9.49. The zero-order chi connectivity index (χ0) is 15.1. The van der Waals surface area contributed by atoms with E-state index in [-0.39, 0.29) is 17.8 Å². The van der Waals surface area contributed by atoms with Crippen molar-refractivity contribution in [2.75, 3.05) is 13.1 Å². The van der Waals surface area contributed by atoms with E-state index in [4.69, 9.17) is 5.11 Å². The fourth-order valence-corrected chi connectivity index (χ4v) is 2.42. The molecule has 0 aliphatic carbocycles. The van der Waals surface area contributed by atoms with Crippen LogP contribution in [0, 0.1) is 0 Å². The van der Waals surface area contributed by atoms with Gasteiger partial charge in [-0.15, -0.1) is 17.9 Å². The number of carboxylic acid groups (broad SMARTS) is 1. The van der Waals surface area contributed by atoms with E-state index < -0.39 is 5.97 Å². The van der Waals surface area contributed by atoms with Crippen LogP contribution >= 0.6 is 11.3 Å². The normalized spacial score (nSPS) is 11.7. The third kappa shape index (κ3) is 4.34. The van der Waals surface area contributed by atoms with Crippen LogP contribution in [-0.4, -0.2) is 40.1 Å². The fourth-order valence-electron chi connectivity index (χ4n) is 1.62. The van der Waals surface area contributed by atoms with Crippen molar-refractivity contribution >= 4 is 23.3 Å². The molecule has 1 heterocycles. The van der Waals surface area contributed by atoms with Crippen LogP contribution in [0.3, 0.4) is 0 Å². The number of carbonyl (C=O) groups is 2. The zero-order valence-electron chi connectivity index (χ0n) is 11.6. The van der Waals surface area contributed by atoms with Gasteiger partial charge in [0.05, 0.1) is 6.04 Å². The summed E-state index contributed by atoms with van der Waals surface area (Å²) in [6.45, 7) is 8.52. The summed E-state index contributed by atoms with van der Waals surface area (Å²) in [6.07, 6.45) is 2.53. The molecule has 0 fully saturated rings. The predicted molar refractivity (Wildman–Crippen MR) is 78.1 cm³/mol. The number of nitrogens with zero attached hydrogens (tertiary/aromatic N) is 2. The highest BCUT2D eigenvalue weighted by Crippen LogP contribution is 2.18. The Morgan fingerprint density at radius 2 is 2.35 bits per heavy atom. The van der Waals surface area contributed by atoms with Gasteiger partial charge in [-0.25, -0.2) is 14.6 Å². The van der Waals surface area contributed by atoms with E-state index in [9.17, 15) is 9.59 Å². The van der Waals surface area contributed by atoms with Crippen molar-refractivity contribution in [1.29, 1.82) is 0 Å². The second-order valence-electron chi connectivity index (χ2n) is 4.28. The van der Waals surface area contributed by atoms with Crippen molar-refractivity contribution < 1.29 is 14.7 Å². The Hall–Kier alpha value is -1.89. The minimum absolute atomic E-state index is 0.00241. The monoisotopic (exact) mass is 297 g/mol. The van der Waals surface area contributed by atoms with E-state index in [0.717, 1.165) is 6.42 Å². The van der Waals surface area contributed by atoms with E-state index in [1.165, 1.54) is 16.7 Å². The van der Waals surface area contributed by atoms with Crippen molar-refractivity contribution in [3.8, 4) is 0 Å². The molecule has 1 aromatic rings. The summed E-state index contributed by atoms with van der Waals surface area (Å²) in [5.41, 5.74) is 0.00241. The van der Waals surface area contributed by atoms with Crippen LogP contribution in [0.15, 0.2) is 18.0 Å². The van der Waals surface area contributed by atoms with Crippen LogP contribution in [0.4, 0.5) is 4.79 Å². The molecule has 0 aliphatic rings. The molecule has 110 valence electrons. The Balaban J connectivity index is 2.67. The number of aromatic carboxylic acids is 1. The predicted octanol–water partition coefficient (Wildman–Crippen LogP) is 2.51. The Morgan fingerprint density at radius 1 is 1.65 bits per heavy atom. The number of amides is 2. The summed E-state index contributed by atoms with van der Waals surface area (Å²) in [4.78, 5) is 28.5. The molecule has 0 aromatic carbocycles. The molecule has 6 nitrogen and oxygen atoms in total. The summed E-state index contributed by atoms with van der Waals surface area (Å²) in [6, 6.07) is -0.531. The summed E-state index contributed by atoms with van der Waals surface area (Å²) < 4.78 is 0. The summed E-state index contributed by atoms with van der Waals surface area (Å²) in [5.74, 6) is -1.06. The first kappa shape index (κ1) is 16.2. The lowest BCUT2D eigenvalue weighted by atomic mass is 10.3. The molecule has 7 heteroatoms. The number of urea groups is 1. The Labute approximate surface area is 122 Å². The molecule has 2 N–H and O–H groups in total. The van der Waals surface area contributed by atoms with Crippen LogP contribution < -0.4 is 5.32 Å². The van der Waals surface area contributed by atoms with Gasteiger partial charge in [-0.3, -0.25) is 0 Å². The van der Waals surface area contributed by atoms with E-state index in [0.29, 0.717) is 18.1 Å². The standard InChI is InChI=1S/C13H19N3O3S/c1-4-6-16(7-5-2)13(19)14-9(3)11-15-10(8-20-11)12(17)18/h4,8-9H,1,5-7H2,2-3H3,(H,14,19)(H,17,18). The Bertz CT molecular complexity index is 487. The third-order valence-electron chi connectivity index (χ3n) is 2.58. The SMILES string of the molecule is C=CCN(CCC)C(=O)NC(C)c1nc(C(=O)O)cs1. The minimum atomic E-state index is -1.06. The largest absolute Gasteiger partial charge is 0.476 e. The first-order valence-electron chi connectivity index (χ1n) is 6.34. The maximum Gasteiger partial charge on any atom is 0.355 e. The number of carboxylic acids is 1. The maximum absolute atomic E-state index is 12.1. The molecule has 1 unspecified atom stereocenters. The highest BCUT2D eigenvalue weighted by atomic mass is 32.1. The second-order valence-corrected chi connectivity index (χ2v) is 5.17. The molecular weight excluding hydrogens is 278 g/mol. The van der Waals surface area contributed by atoms with Gasteiger partial charge in [-0.2, -0.15) is 0 Å². The van der Waals surface area contributed by atoms with E-state index in [2.05, 4.69) is 16.9 Å². The van der Waals surface area contributed by atoms with Gasteiger partial charge in [-0.1, -0.05) is 13.0 Å². The first-order valence-corrected chi connectivity index (χ1v) is 7.22. The van der Waals surface area contributed by atoms with Gasteiger partial charge in [0.2, 0.25) is 0 Å². The average Bonchev–Trinajstić information content (AvgIpc) is 2.88. The molecule has 0 saturated heterocycles. The van der Waals surface area contributed by atoms with Crippen molar-refractivity contribution in [3.63, 3.8) is 0 Å². The number of hydrogen-bond acceptors (Lipinski definition) is 4. The summed E-state index contributed by atoms with van der Waals surface area (Å²) in [7, 11) is 0. The van der Waals surface area contributed by atoms with Gasteiger partial charge in [0.15, 0.2) is 5.69 Å². The molecule has 0 bridgehead atoms. The quantitative estimate of drug-likeness (QED) is 0.758. The van der Waals surface area contributed by atoms with Gasteiger partial charge in [0.1, 0.15) is 5.01 Å². The van der Waals surface area contributed by atoms with Crippen LogP contribution in [0.25, 0.3) is 0 Å². The molecular formula is C13H19N3O3S. The summed E-state index contributed by atoms with van der Waals surface area (Å²) >= 11 is 1.22. The van der Waals surface area contributed by atoms with Crippen LogP contribution in [-0.2, 0) is 0 Å². The van der Waals surface area contributed by atoms with Gasteiger partial charge in [-0.05, 0) is 13.3 Å². The number of carbonyl (C=O) groups excluding carboxylic acids is 1. The number of rotatable bonds is 7. The third-order valence-corrected chi connectivity index (χ3v) is 3.61.